The molecule has 2 nitrogen and oxygen atoms in total. The molecule has 0 saturated carbocycles. The molecule has 0 unspecified atom stereocenters. The van der Waals surface area contributed by atoms with Crippen molar-refractivity contribution in [3.63, 3.8) is 0 Å². The van der Waals surface area contributed by atoms with E-state index in [9.17, 15) is 9.18 Å². The number of carbonyl (C=O) groups excluding carboxylic acids is 1. The van der Waals surface area contributed by atoms with Crippen molar-refractivity contribution in [3.05, 3.63) is 52.6 Å². The van der Waals surface area contributed by atoms with Crippen LogP contribution in [0.2, 0.25) is 0 Å². The molecule has 0 aliphatic carbocycles. The lowest BCUT2D eigenvalue weighted by molar-refractivity contribution is 0.102. The molecule has 4 heteroatoms. The average Bonchev–Trinajstić information content (AvgIpc) is 2.67. The molecular formula is C15H15ClFNO. The van der Waals surface area contributed by atoms with Crippen LogP contribution < -0.4 is 0 Å². The van der Waals surface area contributed by atoms with Gasteiger partial charge in [-0.15, -0.1) is 11.6 Å². The van der Waals surface area contributed by atoms with E-state index in [2.05, 4.69) is 0 Å². The number of Topliss-reactive ketones (excluding diaryl/α,β-unsaturated/α-hetero) is 1. The fourth-order valence-electron chi connectivity index (χ4n) is 2.31. The van der Waals surface area contributed by atoms with Crippen molar-refractivity contribution in [3.8, 4) is 5.69 Å². The number of carbonyl (C=O) groups is 1. The first-order chi connectivity index (χ1) is 8.95. The van der Waals surface area contributed by atoms with Gasteiger partial charge in [0.1, 0.15) is 5.82 Å². The molecule has 2 aromatic rings. The highest BCUT2D eigenvalue weighted by atomic mass is 35.5. The number of halogens is 2. The molecule has 0 atom stereocenters. The molecule has 0 saturated heterocycles. The number of ketones is 1. The first-order valence-electron chi connectivity index (χ1n) is 6.00. The van der Waals surface area contributed by atoms with Crippen molar-refractivity contribution in [2.24, 2.45) is 0 Å². The summed E-state index contributed by atoms with van der Waals surface area (Å²) in [7, 11) is 0. The van der Waals surface area contributed by atoms with Crippen molar-refractivity contribution >= 4 is 17.4 Å². The van der Waals surface area contributed by atoms with Crippen LogP contribution in [0.5, 0.6) is 0 Å². The van der Waals surface area contributed by atoms with Gasteiger partial charge in [0.05, 0.1) is 11.6 Å². The topological polar surface area (TPSA) is 22.0 Å². The lowest BCUT2D eigenvalue weighted by atomic mass is 10.1. The normalized spacial score (nSPS) is 10.8. The zero-order valence-corrected chi connectivity index (χ0v) is 11.9. The summed E-state index contributed by atoms with van der Waals surface area (Å²) >= 11 is 5.60. The van der Waals surface area contributed by atoms with Crippen LogP contribution in [0.15, 0.2) is 24.3 Å². The Labute approximate surface area is 116 Å². The predicted octanol–water partition coefficient (Wildman–Crippen LogP) is 3.96. The molecule has 2 rings (SSSR count). The third kappa shape index (κ3) is 2.43. The number of alkyl halides is 1. The molecular weight excluding hydrogens is 265 g/mol. The molecule has 0 fully saturated rings. The van der Waals surface area contributed by atoms with Crippen LogP contribution in [0.25, 0.3) is 5.69 Å². The molecule has 0 amide bonds. The number of hydrogen-bond donors (Lipinski definition) is 0. The Morgan fingerprint density at radius 3 is 2.58 bits per heavy atom. The zero-order valence-electron chi connectivity index (χ0n) is 11.1. The van der Waals surface area contributed by atoms with Gasteiger partial charge in [-0.25, -0.2) is 4.39 Å². The van der Waals surface area contributed by atoms with Gasteiger partial charge in [-0.1, -0.05) is 6.07 Å². The minimum absolute atomic E-state index is 0.0492. The highest BCUT2D eigenvalue weighted by Gasteiger charge is 2.17. The first kappa shape index (κ1) is 13.8. The molecule has 0 radical (unpaired) electrons. The van der Waals surface area contributed by atoms with Gasteiger partial charge in [-0.3, -0.25) is 4.79 Å². The zero-order chi connectivity index (χ0) is 14.2. The van der Waals surface area contributed by atoms with E-state index in [4.69, 9.17) is 11.6 Å². The van der Waals surface area contributed by atoms with Gasteiger partial charge < -0.3 is 4.57 Å². The number of hydrogen-bond acceptors (Lipinski definition) is 1. The van der Waals surface area contributed by atoms with E-state index in [0.717, 1.165) is 22.6 Å². The Morgan fingerprint density at radius 1 is 1.26 bits per heavy atom. The second kappa shape index (κ2) is 5.17. The van der Waals surface area contributed by atoms with E-state index in [0.29, 0.717) is 5.56 Å². The monoisotopic (exact) mass is 279 g/mol. The molecule has 0 bridgehead atoms. The molecule has 0 spiro atoms. The molecule has 19 heavy (non-hydrogen) atoms. The summed E-state index contributed by atoms with van der Waals surface area (Å²) in [6.07, 6.45) is 0. The van der Waals surface area contributed by atoms with E-state index in [1.807, 2.05) is 25.3 Å². The molecule has 1 heterocycles. The van der Waals surface area contributed by atoms with Gasteiger partial charge in [0.25, 0.3) is 0 Å². The fourth-order valence-corrected chi connectivity index (χ4v) is 2.46. The van der Waals surface area contributed by atoms with Crippen LogP contribution >= 0.6 is 11.6 Å². The van der Waals surface area contributed by atoms with Crippen LogP contribution in [-0.4, -0.2) is 16.2 Å². The largest absolute Gasteiger partial charge is 0.317 e. The number of rotatable bonds is 3. The Kier molecular flexibility index (Phi) is 3.76. The van der Waals surface area contributed by atoms with E-state index in [1.165, 1.54) is 12.1 Å². The van der Waals surface area contributed by atoms with Gasteiger partial charge >= 0.3 is 0 Å². The summed E-state index contributed by atoms with van der Waals surface area (Å²) < 4.78 is 15.3. The highest BCUT2D eigenvalue weighted by Crippen LogP contribution is 2.24. The molecule has 100 valence electrons. The summed E-state index contributed by atoms with van der Waals surface area (Å²) in [5.41, 5.74) is 3.98. The second-order valence-corrected chi connectivity index (χ2v) is 4.88. The van der Waals surface area contributed by atoms with Gasteiger partial charge in [0, 0.05) is 17.0 Å². The quantitative estimate of drug-likeness (QED) is 0.616. The third-order valence-electron chi connectivity index (χ3n) is 3.26. The van der Waals surface area contributed by atoms with E-state index in [1.54, 1.807) is 12.1 Å². The third-order valence-corrected chi connectivity index (χ3v) is 3.51. The van der Waals surface area contributed by atoms with E-state index in [-0.39, 0.29) is 17.5 Å². The van der Waals surface area contributed by atoms with E-state index >= 15 is 0 Å². The second-order valence-electron chi connectivity index (χ2n) is 4.61. The summed E-state index contributed by atoms with van der Waals surface area (Å²) in [4.78, 5) is 11.8. The average molecular weight is 280 g/mol. The number of aryl methyl sites for hydroxylation is 2. The summed E-state index contributed by atoms with van der Waals surface area (Å²) in [5.74, 6) is -0.458. The maximum absolute atomic E-state index is 13.4. The van der Waals surface area contributed by atoms with Crippen LogP contribution in [0, 0.1) is 26.6 Å². The van der Waals surface area contributed by atoms with Crippen LogP contribution in [0.1, 0.15) is 27.3 Å². The van der Waals surface area contributed by atoms with Gasteiger partial charge in [-0.05, 0) is 44.5 Å². The van der Waals surface area contributed by atoms with Crippen LogP contribution in [0.4, 0.5) is 4.39 Å². The number of benzene rings is 1. The predicted molar refractivity (Wildman–Crippen MR) is 75.0 cm³/mol. The Balaban J connectivity index is 2.66. The number of nitrogens with zero attached hydrogens (tertiary/aromatic N) is 1. The van der Waals surface area contributed by atoms with Gasteiger partial charge in [-0.2, -0.15) is 0 Å². The van der Waals surface area contributed by atoms with Gasteiger partial charge in [0.15, 0.2) is 5.78 Å². The van der Waals surface area contributed by atoms with Crippen molar-refractivity contribution in [1.82, 2.24) is 4.57 Å². The highest BCUT2D eigenvalue weighted by molar-refractivity contribution is 6.30. The lowest BCUT2D eigenvalue weighted by Crippen LogP contribution is -2.05. The molecule has 0 N–H and O–H groups in total. The standard InChI is InChI=1S/C15H15ClFNO/c1-9-4-5-12(17)7-14(9)18-10(2)6-13(11(18)3)15(19)8-16/h4-7H,8H2,1-3H3. The first-order valence-corrected chi connectivity index (χ1v) is 6.53. The summed E-state index contributed by atoms with van der Waals surface area (Å²) in [6, 6.07) is 6.43. The molecule has 0 aliphatic heterocycles. The lowest BCUT2D eigenvalue weighted by Gasteiger charge is -2.13. The minimum Gasteiger partial charge on any atom is -0.317 e. The van der Waals surface area contributed by atoms with E-state index < -0.39 is 0 Å². The molecule has 1 aromatic heterocycles. The summed E-state index contributed by atoms with van der Waals surface area (Å²) in [5, 5.41) is 0. The SMILES string of the molecule is Cc1ccc(F)cc1-n1c(C)cc(C(=O)CCl)c1C. The van der Waals surface area contributed by atoms with Crippen LogP contribution in [-0.2, 0) is 0 Å². The Bertz CT molecular complexity index is 646. The van der Waals surface area contributed by atoms with Gasteiger partial charge in [0.2, 0.25) is 0 Å². The van der Waals surface area contributed by atoms with Crippen molar-refractivity contribution in [1.29, 1.82) is 0 Å². The van der Waals surface area contributed by atoms with Crippen molar-refractivity contribution < 1.29 is 9.18 Å². The minimum atomic E-state index is -0.293. The fraction of sp³-hybridized carbons (Fsp3) is 0.267. The maximum atomic E-state index is 13.4. The smallest absolute Gasteiger partial charge is 0.179 e. The Hall–Kier alpha value is -1.61. The number of aromatic nitrogens is 1. The van der Waals surface area contributed by atoms with Crippen LogP contribution in [0.3, 0.4) is 0 Å². The van der Waals surface area contributed by atoms with Crippen molar-refractivity contribution in [2.45, 2.75) is 20.8 Å². The Morgan fingerprint density at radius 2 is 1.95 bits per heavy atom. The molecule has 0 aliphatic rings. The maximum Gasteiger partial charge on any atom is 0.179 e. The summed E-state index contributed by atoms with van der Waals surface area (Å²) in [6.45, 7) is 5.65. The van der Waals surface area contributed by atoms with Crippen molar-refractivity contribution in [2.75, 3.05) is 5.88 Å². The molecule has 1 aromatic carbocycles.